The number of rotatable bonds is 4. The fourth-order valence-electron chi connectivity index (χ4n) is 2.52. The number of aromatic amines is 1. The van der Waals surface area contributed by atoms with E-state index in [-0.39, 0.29) is 11.7 Å². The summed E-state index contributed by atoms with van der Waals surface area (Å²) < 4.78 is 13.2. The Hall–Kier alpha value is -2.62. The molecule has 0 aliphatic heterocycles. The van der Waals surface area contributed by atoms with Crippen LogP contribution in [0.1, 0.15) is 23.0 Å². The number of aromatic nitrogens is 1. The van der Waals surface area contributed by atoms with Crippen LogP contribution in [0.25, 0.3) is 10.9 Å². The molecule has 22 heavy (non-hydrogen) atoms. The molecular weight excluding hydrogens is 279 g/mol. The van der Waals surface area contributed by atoms with E-state index in [9.17, 15) is 9.18 Å². The second-order valence-corrected chi connectivity index (χ2v) is 5.22. The average molecular weight is 296 g/mol. The van der Waals surface area contributed by atoms with Crippen LogP contribution in [0.15, 0.2) is 54.6 Å². The fourth-order valence-corrected chi connectivity index (χ4v) is 2.52. The molecule has 0 bridgehead atoms. The van der Waals surface area contributed by atoms with Gasteiger partial charge in [-0.15, -0.1) is 0 Å². The van der Waals surface area contributed by atoms with E-state index in [1.165, 1.54) is 12.1 Å². The van der Waals surface area contributed by atoms with Crippen LogP contribution >= 0.6 is 0 Å². The first kappa shape index (κ1) is 14.3. The van der Waals surface area contributed by atoms with Gasteiger partial charge in [0.15, 0.2) is 0 Å². The van der Waals surface area contributed by atoms with Crippen molar-refractivity contribution in [3.05, 3.63) is 71.7 Å². The van der Waals surface area contributed by atoms with E-state index in [1.54, 1.807) is 17.0 Å². The highest BCUT2D eigenvalue weighted by molar-refractivity contribution is 5.98. The first-order valence-electron chi connectivity index (χ1n) is 7.29. The molecule has 1 amide bonds. The van der Waals surface area contributed by atoms with Gasteiger partial charge in [-0.05, 0) is 36.8 Å². The van der Waals surface area contributed by atoms with Gasteiger partial charge in [-0.3, -0.25) is 4.79 Å². The Kier molecular flexibility index (Phi) is 3.92. The van der Waals surface area contributed by atoms with Crippen LogP contribution in [0.3, 0.4) is 0 Å². The van der Waals surface area contributed by atoms with Crippen molar-refractivity contribution in [1.82, 2.24) is 9.88 Å². The molecule has 1 N–H and O–H groups in total. The molecule has 4 heteroatoms. The number of carbonyl (C=O) groups excluding carboxylic acids is 1. The molecule has 3 aromatic rings. The predicted molar refractivity (Wildman–Crippen MR) is 85.1 cm³/mol. The summed E-state index contributed by atoms with van der Waals surface area (Å²) in [5, 5.41) is 0.834. The maximum absolute atomic E-state index is 13.2. The lowest BCUT2D eigenvalue weighted by Crippen LogP contribution is -2.30. The third-order valence-corrected chi connectivity index (χ3v) is 3.70. The van der Waals surface area contributed by atoms with Crippen LogP contribution in [0.5, 0.6) is 0 Å². The van der Waals surface area contributed by atoms with Crippen molar-refractivity contribution < 1.29 is 9.18 Å². The van der Waals surface area contributed by atoms with E-state index in [0.29, 0.717) is 24.3 Å². The molecule has 0 radical (unpaired) electrons. The van der Waals surface area contributed by atoms with Crippen molar-refractivity contribution in [1.29, 1.82) is 0 Å². The monoisotopic (exact) mass is 296 g/mol. The highest BCUT2D eigenvalue weighted by Crippen LogP contribution is 2.18. The van der Waals surface area contributed by atoms with Crippen molar-refractivity contribution in [3.8, 4) is 0 Å². The Morgan fingerprint density at radius 2 is 1.91 bits per heavy atom. The number of hydrogen-bond donors (Lipinski definition) is 1. The fraction of sp³-hybridized carbons (Fsp3) is 0.167. The van der Waals surface area contributed by atoms with E-state index in [0.717, 1.165) is 10.9 Å². The molecule has 0 saturated heterocycles. The zero-order chi connectivity index (χ0) is 15.5. The number of halogens is 1. The summed E-state index contributed by atoms with van der Waals surface area (Å²) in [6, 6.07) is 16.1. The molecule has 0 atom stereocenters. The van der Waals surface area contributed by atoms with Crippen LogP contribution in [0, 0.1) is 5.82 Å². The SMILES string of the molecule is CCN(Cc1ccccc1)C(=O)c1cc2ccc(F)cc2[nH]1. The van der Waals surface area contributed by atoms with E-state index in [4.69, 9.17) is 0 Å². The summed E-state index contributed by atoms with van der Waals surface area (Å²) in [6.07, 6.45) is 0. The van der Waals surface area contributed by atoms with Crippen LogP contribution < -0.4 is 0 Å². The van der Waals surface area contributed by atoms with Crippen molar-refractivity contribution in [2.75, 3.05) is 6.54 Å². The number of H-pyrrole nitrogens is 1. The number of hydrogen-bond acceptors (Lipinski definition) is 1. The smallest absolute Gasteiger partial charge is 0.270 e. The number of fused-ring (bicyclic) bond motifs is 1. The minimum Gasteiger partial charge on any atom is -0.350 e. The highest BCUT2D eigenvalue weighted by Gasteiger charge is 2.17. The second kappa shape index (κ2) is 6.02. The minimum atomic E-state index is -0.315. The lowest BCUT2D eigenvalue weighted by atomic mass is 10.2. The minimum absolute atomic E-state index is 0.0806. The molecule has 0 aliphatic carbocycles. The third-order valence-electron chi connectivity index (χ3n) is 3.70. The number of amides is 1. The first-order chi connectivity index (χ1) is 10.7. The van der Waals surface area contributed by atoms with Crippen molar-refractivity contribution in [2.24, 2.45) is 0 Å². The van der Waals surface area contributed by atoms with Crippen molar-refractivity contribution in [2.45, 2.75) is 13.5 Å². The Labute approximate surface area is 128 Å². The van der Waals surface area contributed by atoms with E-state index in [1.807, 2.05) is 37.3 Å². The van der Waals surface area contributed by atoms with E-state index < -0.39 is 0 Å². The standard InChI is InChI=1S/C18H17FN2O/c1-2-21(12-13-6-4-3-5-7-13)18(22)17-10-14-8-9-15(19)11-16(14)20-17/h3-11,20H,2,12H2,1H3. The highest BCUT2D eigenvalue weighted by atomic mass is 19.1. The van der Waals surface area contributed by atoms with Crippen LogP contribution in [0.2, 0.25) is 0 Å². The van der Waals surface area contributed by atoms with Crippen molar-refractivity contribution in [3.63, 3.8) is 0 Å². The zero-order valence-corrected chi connectivity index (χ0v) is 12.3. The van der Waals surface area contributed by atoms with E-state index >= 15 is 0 Å². The Bertz CT molecular complexity index is 795. The largest absolute Gasteiger partial charge is 0.350 e. The molecular formula is C18H17FN2O. The summed E-state index contributed by atoms with van der Waals surface area (Å²) in [7, 11) is 0. The molecule has 1 heterocycles. The molecule has 0 unspecified atom stereocenters. The second-order valence-electron chi connectivity index (χ2n) is 5.22. The lowest BCUT2D eigenvalue weighted by Gasteiger charge is -2.20. The third kappa shape index (κ3) is 2.86. The Morgan fingerprint density at radius 3 is 2.64 bits per heavy atom. The van der Waals surface area contributed by atoms with Crippen LogP contribution in [0.4, 0.5) is 4.39 Å². The molecule has 3 nitrogen and oxygen atoms in total. The molecule has 0 saturated carbocycles. The Morgan fingerprint density at radius 1 is 1.14 bits per heavy atom. The van der Waals surface area contributed by atoms with Gasteiger partial charge in [-0.2, -0.15) is 0 Å². The molecule has 1 aromatic heterocycles. The summed E-state index contributed by atoms with van der Waals surface area (Å²) in [4.78, 5) is 17.4. The Balaban J connectivity index is 1.86. The predicted octanol–water partition coefficient (Wildman–Crippen LogP) is 3.97. The van der Waals surface area contributed by atoms with Crippen molar-refractivity contribution >= 4 is 16.8 Å². The maximum atomic E-state index is 13.2. The number of benzene rings is 2. The van der Waals surface area contributed by atoms with Gasteiger partial charge in [-0.1, -0.05) is 30.3 Å². The zero-order valence-electron chi connectivity index (χ0n) is 12.3. The average Bonchev–Trinajstić information content (AvgIpc) is 2.96. The molecule has 0 aliphatic rings. The number of nitrogens with zero attached hydrogens (tertiary/aromatic N) is 1. The molecule has 3 rings (SSSR count). The van der Waals surface area contributed by atoms with Gasteiger partial charge >= 0.3 is 0 Å². The first-order valence-corrected chi connectivity index (χ1v) is 7.29. The topological polar surface area (TPSA) is 36.1 Å². The van der Waals surface area contributed by atoms with Gasteiger partial charge in [0, 0.05) is 24.0 Å². The number of nitrogens with one attached hydrogen (secondary N) is 1. The van der Waals surface area contributed by atoms with Crippen LogP contribution in [-0.2, 0) is 6.54 Å². The molecule has 2 aromatic carbocycles. The summed E-state index contributed by atoms with van der Waals surface area (Å²) in [5.74, 6) is -0.395. The van der Waals surface area contributed by atoms with E-state index in [2.05, 4.69) is 4.98 Å². The molecule has 112 valence electrons. The summed E-state index contributed by atoms with van der Waals surface area (Å²) >= 11 is 0. The molecule has 0 fully saturated rings. The van der Waals surface area contributed by atoms with Gasteiger partial charge in [-0.25, -0.2) is 4.39 Å². The number of carbonyl (C=O) groups is 1. The van der Waals surface area contributed by atoms with Gasteiger partial charge in [0.1, 0.15) is 11.5 Å². The van der Waals surface area contributed by atoms with Gasteiger partial charge in [0.05, 0.1) is 0 Å². The van der Waals surface area contributed by atoms with Crippen LogP contribution in [-0.4, -0.2) is 22.3 Å². The lowest BCUT2D eigenvalue weighted by molar-refractivity contribution is 0.0747. The van der Waals surface area contributed by atoms with Gasteiger partial charge in [0.25, 0.3) is 5.91 Å². The molecule has 0 spiro atoms. The summed E-state index contributed by atoms with van der Waals surface area (Å²) in [6.45, 7) is 3.11. The van der Waals surface area contributed by atoms with Gasteiger partial charge in [0.2, 0.25) is 0 Å². The normalized spacial score (nSPS) is 10.8. The summed E-state index contributed by atoms with van der Waals surface area (Å²) in [5.41, 5.74) is 2.21. The quantitative estimate of drug-likeness (QED) is 0.777. The van der Waals surface area contributed by atoms with Gasteiger partial charge < -0.3 is 9.88 Å². The maximum Gasteiger partial charge on any atom is 0.270 e.